The number of halogens is 2. The van der Waals surface area contributed by atoms with E-state index in [1.807, 2.05) is 13.8 Å². The van der Waals surface area contributed by atoms with Crippen LogP contribution in [0.4, 0.5) is 20.3 Å². The first-order chi connectivity index (χ1) is 13.2. The summed E-state index contributed by atoms with van der Waals surface area (Å²) in [5.74, 6) is 0.415. The van der Waals surface area contributed by atoms with Crippen LogP contribution in [0.5, 0.6) is 0 Å². The molecule has 1 amide bonds. The molecule has 0 saturated carbocycles. The van der Waals surface area contributed by atoms with Gasteiger partial charge in [-0.05, 0) is 62.7 Å². The van der Waals surface area contributed by atoms with Gasteiger partial charge in [0.25, 0.3) is 0 Å². The normalized spacial score (nSPS) is 15.1. The maximum atomic E-state index is 14.0. The van der Waals surface area contributed by atoms with E-state index in [1.54, 1.807) is 35.8 Å². The maximum absolute atomic E-state index is 14.0. The Morgan fingerprint density at radius 3 is 2.54 bits per heavy atom. The first-order valence-corrected chi connectivity index (χ1v) is 8.96. The molecule has 0 fully saturated rings. The van der Waals surface area contributed by atoms with Gasteiger partial charge >= 0.3 is 0 Å². The van der Waals surface area contributed by atoms with Crippen molar-refractivity contribution in [1.82, 2.24) is 14.9 Å². The number of aryl methyl sites for hydroxylation is 1. The molecular weight excluding hydrogens is 362 g/mol. The third-order valence-corrected chi connectivity index (χ3v) is 4.83. The largest absolute Gasteiger partial charge is 0.342 e. The molecule has 0 spiro atoms. The molecule has 0 radical (unpaired) electrons. The second kappa shape index (κ2) is 6.44. The number of carbonyl (C=O) groups is 1. The van der Waals surface area contributed by atoms with Crippen molar-refractivity contribution < 1.29 is 13.6 Å². The van der Waals surface area contributed by atoms with Gasteiger partial charge in [0.2, 0.25) is 5.91 Å². The van der Waals surface area contributed by atoms with Crippen molar-refractivity contribution in [2.45, 2.75) is 32.9 Å². The van der Waals surface area contributed by atoms with E-state index in [1.165, 1.54) is 18.2 Å². The quantitative estimate of drug-likeness (QED) is 0.712. The van der Waals surface area contributed by atoms with Crippen LogP contribution in [-0.2, 0) is 16.9 Å². The Balaban J connectivity index is 1.89. The van der Waals surface area contributed by atoms with Crippen LogP contribution in [0.2, 0.25) is 0 Å². The predicted molar refractivity (Wildman–Crippen MR) is 103 cm³/mol. The summed E-state index contributed by atoms with van der Waals surface area (Å²) in [5.41, 5.74) is 1.67. The fraction of sp³-hybridized carbons (Fsp3) is 0.238. The molecule has 3 aromatic rings. The highest BCUT2D eigenvalue weighted by Gasteiger charge is 2.36. The number of hydrogen-bond donors (Lipinski definition) is 2. The fourth-order valence-corrected chi connectivity index (χ4v) is 3.41. The Labute approximate surface area is 161 Å². The standard InChI is InChI=1S/C21H20F2N4O/c1-12-4-9-15(10-16(12)23)24-19-18(13-5-7-14(22)8-6-13)25-20-21(2,3)26-17(28)11-27(19)20/h4-10,24H,11H2,1-3H3,(H,26,28). The molecule has 0 bridgehead atoms. The lowest BCUT2D eigenvalue weighted by Gasteiger charge is -2.31. The fourth-order valence-electron chi connectivity index (χ4n) is 3.41. The lowest BCUT2D eigenvalue weighted by atomic mass is 10.0. The summed E-state index contributed by atoms with van der Waals surface area (Å²) in [6.45, 7) is 5.51. The van der Waals surface area contributed by atoms with Gasteiger partial charge in [-0.3, -0.25) is 4.79 Å². The molecule has 1 aromatic heterocycles. The Hall–Kier alpha value is -3.22. The highest BCUT2D eigenvalue weighted by Crippen LogP contribution is 2.36. The molecule has 2 aromatic carbocycles. The second-order valence-corrected chi connectivity index (χ2v) is 7.49. The van der Waals surface area contributed by atoms with Crippen LogP contribution in [0.3, 0.4) is 0 Å². The minimum atomic E-state index is -0.678. The summed E-state index contributed by atoms with van der Waals surface area (Å²) < 4.78 is 29.2. The summed E-state index contributed by atoms with van der Waals surface area (Å²) in [7, 11) is 0. The Morgan fingerprint density at radius 1 is 1.14 bits per heavy atom. The van der Waals surface area contributed by atoms with Gasteiger partial charge in [0.05, 0.1) is 5.54 Å². The van der Waals surface area contributed by atoms with Gasteiger partial charge in [-0.2, -0.15) is 0 Å². The SMILES string of the molecule is Cc1ccc(Nc2c(-c3ccc(F)cc3)nc3n2CC(=O)NC3(C)C)cc1F. The second-order valence-electron chi connectivity index (χ2n) is 7.49. The first-order valence-electron chi connectivity index (χ1n) is 8.96. The summed E-state index contributed by atoms with van der Waals surface area (Å²) in [4.78, 5) is 17.0. The minimum Gasteiger partial charge on any atom is -0.342 e. The van der Waals surface area contributed by atoms with Gasteiger partial charge in [0, 0.05) is 11.3 Å². The van der Waals surface area contributed by atoms with E-state index in [9.17, 15) is 13.6 Å². The van der Waals surface area contributed by atoms with Crippen LogP contribution >= 0.6 is 0 Å². The van der Waals surface area contributed by atoms with Crippen LogP contribution in [0.1, 0.15) is 25.2 Å². The van der Waals surface area contributed by atoms with E-state index < -0.39 is 5.54 Å². The number of carbonyl (C=O) groups excluding carboxylic acids is 1. The molecule has 0 saturated heterocycles. The smallest absolute Gasteiger partial charge is 0.240 e. The van der Waals surface area contributed by atoms with Crippen LogP contribution in [-0.4, -0.2) is 15.5 Å². The van der Waals surface area contributed by atoms with Crippen LogP contribution in [0.25, 0.3) is 11.3 Å². The molecular formula is C21H20F2N4O. The van der Waals surface area contributed by atoms with Crippen LogP contribution in [0.15, 0.2) is 42.5 Å². The summed E-state index contributed by atoms with van der Waals surface area (Å²) in [6.07, 6.45) is 0. The highest BCUT2D eigenvalue weighted by molar-refractivity contribution is 5.83. The molecule has 1 aliphatic heterocycles. The molecule has 0 atom stereocenters. The van der Waals surface area contributed by atoms with E-state index in [2.05, 4.69) is 10.6 Å². The summed E-state index contributed by atoms with van der Waals surface area (Å²) in [6, 6.07) is 10.8. The van der Waals surface area contributed by atoms with Gasteiger partial charge in [-0.15, -0.1) is 0 Å². The third kappa shape index (κ3) is 3.13. The van der Waals surface area contributed by atoms with Crippen molar-refractivity contribution >= 4 is 17.4 Å². The average molecular weight is 382 g/mol. The molecule has 0 unspecified atom stereocenters. The predicted octanol–water partition coefficient (Wildman–Crippen LogP) is 4.25. The molecule has 4 rings (SSSR count). The van der Waals surface area contributed by atoms with E-state index in [4.69, 9.17) is 4.98 Å². The highest BCUT2D eigenvalue weighted by atomic mass is 19.1. The Bertz CT molecular complexity index is 1070. The Kier molecular flexibility index (Phi) is 4.18. The zero-order valence-corrected chi connectivity index (χ0v) is 15.8. The van der Waals surface area contributed by atoms with Gasteiger partial charge < -0.3 is 15.2 Å². The number of anilines is 2. The average Bonchev–Trinajstić information content (AvgIpc) is 2.97. The monoisotopic (exact) mass is 382 g/mol. The van der Waals surface area contributed by atoms with Crippen molar-refractivity contribution in [3.8, 4) is 11.3 Å². The molecule has 0 aliphatic carbocycles. The number of benzene rings is 2. The van der Waals surface area contributed by atoms with Crippen molar-refractivity contribution in [1.29, 1.82) is 0 Å². The summed E-state index contributed by atoms with van der Waals surface area (Å²) >= 11 is 0. The maximum Gasteiger partial charge on any atom is 0.240 e. The topological polar surface area (TPSA) is 59.0 Å². The van der Waals surface area contributed by atoms with E-state index in [0.717, 1.165) is 0 Å². The zero-order chi connectivity index (χ0) is 20.1. The molecule has 144 valence electrons. The number of fused-ring (bicyclic) bond motifs is 1. The molecule has 5 nitrogen and oxygen atoms in total. The number of imidazole rings is 1. The minimum absolute atomic E-state index is 0.0869. The lowest BCUT2D eigenvalue weighted by molar-refractivity contribution is -0.124. The molecule has 2 N–H and O–H groups in total. The van der Waals surface area contributed by atoms with Crippen molar-refractivity contribution in [3.63, 3.8) is 0 Å². The van der Waals surface area contributed by atoms with Crippen molar-refractivity contribution in [2.75, 3.05) is 5.32 Å². The Morgan fingerprint density at radius 2 is 1.86 bits per heavy atom. The number of nitrogens with one attached hydrogen (secondary N) is 2. The lowest BCUT2D eigenvalue weighted by Crippen LogP contribution is -2.49. The number of nitrogens with zero attached hydrogens (tertiary/aromatic N) is 2. The van der Waals surface area contributed by atoms with Crippen LogP contribution < -0.4 is 10.6 Å². The first kappa shape index (κ1) is 18.2. The zero-order valence-electron chi connectivity index (χ0n) is 15.8. The van der Waals surface area contributed by atoms with E-state index >= 15 is 0 Å². The van der Waals surface area contributed by atoms with E-state index in [-0.39, 0.29) is 24.1 Å². The number of rotatable bonds is 3. The third-order valence-electron chi connectivity index (χ3n) is 4.83. The van der Waals surface area contributed by atoms with E-state index in [0.29, 0.717) is 34.2 Å². The van der Waals surface area contributed by atoms with Gasteiger partial charge in [0.1, 0.15) is 35.5 Å². The number of amides is 1. The molecule has 28 heavy (non-hydrogen) atoms. The molecule has 1 aliphatic rings. The number of hydrogen-bond acceptors (Lipinski definition) is 3. The van der Waals surface area contributed by atoms with Crippen LogP contribution in [0, 0.1) is 18.6 Å². The van der Waals surface area contributed by atoms with Crippen molar-refractivity contribution in [2.24, 2.45) is 0 Å². The van der Waals surface area contributed by atoms with Gasteiger partial charge in [-0.1, -0.05) is 6.07 Å². The molecule has 7 heteroatoms. The number of aromatic nitrogens is 2. The van der Waals surface area contributed by atoms with Gasteiger partial charge in [0.15, 0.2) is 0 Å². The van der Waals surface area contributed by atoms with Crippen molar-refractivity contribution in [3.05, 3.63) is 65.5 Å². The summed E-state index contributed by atoms with van der Waals surface area (Å²) in [5, 5.41) is 6.13. The molecule has 2 heterocycles. The van der Waals surface area contributed by atoms with Gasteiger partial charge in [-0.25, -0.2) is 13.8 Å².